The van der Waals surface area contributed by atoms with Crippen molar-refractivity contribution in [1.29, 1.82) is 0 Å². The third-order valence-electron chi connectivity index (χ3n) is 3.23. The third-order valence-corrected chi connectivity index (χ3v) is 3.64. The summed E-state index contributed by atoms with van der Waals surface area (Å²) >= 11 is 6.03. The van der Waals surface area contributed by atoms with Crippen molar-refractivity contribution in [3.8, 4) is 0 Å². The molecule has 0 bridgehead atoms. The molecule has 1 heterocycles. The van der Waals surface area contributed by atoms with Crippen LogP contribution in [0.5, 0.6) is 0 Å². The lowest BCUT2D eigenvalue weighted by atomic mass is 10.2. The van der Waals surface area contributed by atoms with Gasteiger partial charge in [-0.2, -0.15) is 5.10 Å². The maximum Gasteiger partial charge on any atom is 0.273 e. The Bertz CT molecular complexity index is 663. The number of aromatic nitrogens is 2. The molecule has 106 valence electrons. The van der Waals surface area contributed by atoms with Gasteiger partial charge in [-0.3, -0.25) is 20.3 Å². The number of anilines is 1. The van der Waals surface area contributed by atoms with Crippen LogP contribution in [0.4, 0.5) is 5.69 Å². The summed E-state index contributed by atoms with van der Waals surface area (Å²) in [6, 6.07) is 5.50. The monoisotopic (exact) mass is 292 g/mol. The van der Waals surface area contributed by atoms with E-state index in [1.54, 1.807) is 10.7 Å². The summed E-state index contributed by atoms with van der Waals surface area (Å²) in [5, 5.41) is 4.87. The zero-order valence-corrected chi connectivity index (χ0v) is 12.7. The minimum atomic E-state index is -0.218. The molecule has 1 aromatic carbocycles. The summed E-state index contributed by atoms with van der Waals surface area (Å²) in [6.45, 7) is 5.59. The molecule has 0 atom stereocenters. The first-order valence-electron chi connectivity index (χ1n) is 6.23. The number of benzene rings is 1. The van der Waals surface area contributed by atoms with Crippen LogP contribution in [-0.2, 0) is 7.05 Å². The summed E-state index contributed by atoms with van der Waals surface area (Å²) in [5.41, 5.74) is 9.33. The maximum atomic E-state index is 12.2. The predicted octanol–water partition coefficient (Wildman–Crippen LogP) is 2.76. The number of carbonyl (C=O) groups excluding carboxylic acids is 1. The van der Waals surface area contributed by atoms with Gasteiger partial charge in [0, 0.05) is 17.8 Å². The van der Waals surface area contributed by atoms with Crippen molar-refractivity contribution in [3.63, 3.8) is 0 Å². The number of hydrogen-bond acceptors (Lipinski definition) is 3. The first kappa shape index (κ1) is 14.4. The second-order valence-electron chi connectivity index (χ2n) is 4.71. The van der Waals surface area contributed by atoms with Gasteiger partial charge in [0.25, 0.3) is 5.91 Å². The van der Waals surface area contributed by atoms with Crippen LogP contribution in [0.3, 0.4) is 0 Å². The van der Waals surface area contributed by atoms with Crippen LogP contribution in [0.15, 0.2) is 18.2 Å². The van der Waals surface area contributed by atoms with Crippen LogP contribution in [0, 0.1) is 20.8 Å². The van der Waals surface area contributed by atoms with Crippen LogP contribution in [-0.4, -0.2) is 15.7 Å². The molecule has 0 unspecified atom stereocenters. The highest BCUT2D eigenvalue weighted by molar-refractivity contribution is 6.31. The fourth-order valence-electron chi connectivity index (χ4n) is 1.96. The van der Waals surface area contributed by atoms with E-state index >= 15 is 0 Å². The Hall–Kier alpha value is -2.01. The molecule has 1 amide bonds. The van der Waals surface area contributed by atoms with Crippen molar-refractivity contribution >= 4 is 23.2 Å². The number of nitrogens with zero attached hydrogens (tertiary/aromatic N) is 2. The van der Waals surface area contributed by atoms with Crippen molar-refractivity contribution in [2.24, 2.45) is 7.05 Å². The molecule has 2 aromatic rings. The Kier molecular flexibility index (Phi) is 3.99. The molecule has 1 aromatic heterocycles. The van der Waals surface area contributed by atoms with E-state index in [-0.39, 0.29) is 5.91 Å². The van der Waals surface area contributed by atoms with E-state index in [2.05, 4.69) is 16.0 Å². The third kappa shape index (κ3) is 2.77. The molecular weight excluding hydrogens is 276 g/mol. The predicted molar refractivity (Wildman–Crippen MR) is 80.0 cm³/mol. The van der Waals surface area contributed by atoms with Crippen molar-refractivity contribution in [3.05, 3.63) is 45.7 Å². The Morgan fingerprint density at radius 2 is 2.00 bits per heavy atom. The standard InChI is InChI=1S/C14H17ClN4O/c1-8-5-6-11(7-12(8)15)16-17-14(20)13-9(2)18-19(4)10(13)3/h5-7,16H,1-4H3,(H,17,20). The van der Waals surface area contributed by atoms with Crippen LogP contribution < -0.4 is 10.9 Å². The molecule has 0 aliphatic rings. The van der Waals surface area contributed by atoms with Gasteiger partial charge >= 0.3 is 0 Å². The van der Waals surface area contributed by atoms with E-state index in [9.17, 15) is 4.79 Å². The number of nitrogens with one attached hydrogen (secondary N) is 2. The summed E-state index contributed by atoms with van der Waals surface area (Å²) in [5.74, 6) is -0.218. The average molecular weight is 293 g/mol. The number of halogens is 1. The number of amides is 1. The van der Waals surface area contributed by atoms with Gasteiger partial charge in [0.05, 0.1) is 16.9 Å². The lowest BCUT2D eigenvalue weighted by Gasteiger charge is -2.10. The van der Waals surface area contributed by atoms with Gasteiger partial charge in [0.2, 0.25) is 0 Å². The van der Waals surface area contributed by atoms with Crippen LogP contribution in [0.2, 0.25) is 5.02 Å². The Morgan fingerprint density at radius 3 is 2.55 bits per heavy atom. The topological polar surface area (TPSA) is 58.9 Å². The molecule has 5 nitrogen and oxygen atoms in total. The fraction of sp³-hybridized carbons (Fsp3) is 0.286. The first-order chi connectivity index (χ1) is 9.40. The summed E-state index contributed by atoms with van der Waals surface area (Å²) < 4.78 is 1.69. The SMILES string of the molecule is Cc1ccc(NNC(=O)c2c(C)nn(C)c2C)cc1Cl. The lowest BCUT2D eigenvalue weighted by molar-refractivity contribution is 0.0961. The highest BCUT2D eigenvalue weighted by Crippen LogP contribution is 2.19. The van der Waals surface area contributed by atoms with E-state index in [1.165, 1.54) is 0 Å². The molecule has 0 saturated heterocycles. The van der Waals surface area contributed by atoms with Gasteiger partial charge < -0.3 is 0 Å². The molecular formula is C14H17ClN4O. The van der Waals surface area contributed by atoms with Crippen molar-refractivity contribution < 1.29 is 4.79 Å². The van der Waals surface area contributed by atoms with Gasteiger partial charge in [0.1, 0.15) is 0 Å². The van der Waals surface area contributed by atoms with E-state index in [4.69, 9.17) is 11.6 Å². The number of carbonyl (C=O) groups is 1. The molecule has 0 fully saturated rings. The Balaban J connectivity index is 2.10. The van der Waals surface area contributed by atoms with E-state index in [1.807, 2.05) is 40.0 Å². The van der Waals surface area contributed by atoms with Crippen molar-refractivity contribution in [2.75, 3.05) is 5.43 Å². The van der Waals surface area contributed by atoms with E-state index in [0.29, 0.717) is 16.3 Å². The van der Waals surface area contributed by atoms with Crippen molar-refractivity contribution in [2.45, 2.75) is 20.8 Å². The normalized spacial score (nSPS) is 10.4. The molecule has 0 spiro atoms. The Morgan fingerprint density at radius 1 is 1.30 bits per heavy atom. The molecule has 20 heavy (non-hydrogen) atoms. The largest absolute Gasteiger partial charge is 0.298 e. The van der Waals surface area contributed by atoms with Gasteiger partial charge in [-0.05, 0) is 38.5 Å². The van der Waals surface area contributed by atoms with Crippen LogP contribution in [0.1, 0.15) is 27.3 Å². The quantitative estimate of drug-likeness (QED) is 0.855. The number of aryl methyl sites for hydroxylation is 3. The smallest absolute Gasteiger partial charge is 0.273 e. The average Bonchev–Trinajstić information content (AvgIpc) is 2.64. The highest BCUT2D eigenvalue weighted by Gasteiger charge is 2.16. The fourth-order valence-corrected chi connectivity index (χ4v) is 2.14. The van der Waals surface area contributed by atoms with E-state index in [0.717, 1.165) is 16.9 Å². The van der Waals surface area contributed by atoms with E-state index < -0.39 is 0 Å². The van der Waals surface area contributed by atoms with Crippen LogP contribution >= 0.6 is 11.6 Å². The minimum Gasteiger partial charge on any atom is -0.298 e. The molecule has 0 aliphatic carbocycles. The second-order valence-corrected chi connectivity index (χ2v) is 5.12. The molecule has 2 N–H and O–H groups in total. The van der Waals surface area contributed by atoms with Gasteiger partial charge in [-0.25, -0.2) is 0 Å². The zero-order chi connectivity index (χ0) is 14.9. The number of rotatable bonds is 3. The van der Waals surface area contributed by atoms with Crippen molar-refractivity contribution in [1.82, 2.24) is 15.2 Å². The first-order valence-corrected chi connectivity index (χ1v) is 6.60. The van der Waals surface area contributed by atoms with Gasteiger partial charge in [-0.15, -0.1) is 0 Å². The minimum absolute atomic E-state index is 0.218. The molecule has 0 aliphatic heterocycles. The molecule has 0 saturated carbocycles. The molecule has 6 heteroatoms. The summed E-state index contributed by atoms with van der Waals surface area (Å²) in [7, 11) is 1.81. The Labute approximate surface area is 122 Å². The highest BCUT2D eigenvalue weighted by atomic mass is 35.5. The number of hydrogen-bond donors (Lipinski definition) is 2. The van der Waals surface area contributed by atoms with Crippen LogP contribution in [0.25, 0.3) is 0 Å². The molecule has 0 radical (unpaired) electrons. The second kappa shape index (κ2) is 5.54. The van der Waals surface area contributed by atoms with Gasteiger partial charge in [-0.1, -0.05) is 17.7 Å². The molecule has 2 rings (SSSR count). The zero-order valence-electron chi connectivity index (χ0n) is 11.9. The number of hydrazine groups is 1. The lowest BCUT2D eigenvalue weighted by Crippen LogP contribution is -2.30. The maximum absolute atomic E-state index is 12.2. The summed E-state index contributed by atoms with van der Waals surface area (Å²) in [6.07, 6.45) is 0. The summed E-state index contributed by atoms with van der Waals surface area (Å²) in [4.78, 5) is 12.2. The van der Waals surface area contributed by atoms with Gasteiger partial charge in [0.15, 0.2) is 0 Å².